The molecule has 160 valence electrons. The molecule has 0 aliphatic heterocycles. The van der Waals surface area contributed by atoms with E-state index in [-0.39, 0.29) is 6.10 Å². The van der Waals surface area contributed by atoms with Crippen molar-refractivity contribution < 1.29 is 5.11 Å². The third-order valence-corrected chi connectivity index (χ3v) is 10.4. The van der Waals surface area contributed by atoms with Crippen LogP contribution in [0.3, 0.4) is 0 Å². The van der Waals surface area contributed by atoms with Gasteiger partial charge < -0.3 is 5.11 Å². The summed E-state index contributed by atoms with van der Waals surface area (Å²) in [6, 6.07) is 0. The van der Waals surface area contributed by atoms with Crippen molar-refractivity contribution >= 4 is 0 Å². The summed E-state index contributed by atoms with van der Waals surface area (Å²) in [6.45, 7) is 12.4. The lowest BCUT2D eigenvalue weighted by Crippen LogP contribution is -2.54. The summed E-state index contributed by atoms with van der Waals surface area (Å²) in [4.78, 5) is 0. The summed E-state index contributed by atoms with van der Waals surface area (Å²) in [5.41, 5.74) is 1.09. The Hall–Kier alpha value is -0.300. The molecule has 4 saturated carbocycles. The molecule has 4 aliphatic rings. The van der Waals surface area contributed by atoms with Crippen LogP contribution in [0.5, 0.6) is 0 Å². The van der Waals surface area contributed by atoms with E-state index < -0.39 is 0 Å². The van der Waals surface area contributed by atoms with E-state index in [9.17, 15) is 5.11 Å². The highest BCUT2D eigenvalue weighted by molar-refractivity contribution is 5.11. The molecule has 0 aromatic rings. The molecule has 9 unspecified atom stereocenters. The molecule has 1 N–H and O–H groups in total. The van der Waals surface area contributed by atoms with Crippen LogP contribution in [0.1, 0.15) is 98.8 Å². The Morgan fingerprint density at radius 2 is 1.61 bits per heavy atom. The SMILES string of the molecule is CC(C)CC=CC(C)C1CCC2C3CCC4CC(O)CCC4(C)C3CCC12C. The molecule has 4 aliphatic carbocycles. The number of hydrogen-bond acceptors (Lipinski definition) is 1. The predicted octanol–water partition coefficient (Wildman–Crippen LogP) is 7.24. The lowest BCUT2D eigenvalue weighted by Gasteiger charge is -2.61. The van der Waals surface area contributed by atoms with Crippen LogP contribution in [-0.2, 0) is 0 Å². The van der Waals surface area contributed by atoms with E-state index >= 15 is 0 Å². The van der Waals surface area contributed by atoms with Gasteiger partial charge in [-0.1, -0.05) is 46.8 Å². The van der Waals surface area contributed by atoms with Crippen molar-refractivity contribution in [1.82, 2.24) is 0 Å². The third kappa shape index (κ3) is 3.42. The van der Waals surface area contributed by atoms with Crippen LogP contribution < -0.4 is 0 Å². The lowest BCUT2D eigenvalue weighted by atomic mass is 9.44. The van der Waals surface area contributed by atoms with Crippen molar-refractivity contribution in [1.29, 1.82) is 0 Å². The standard InChI is InChI=1S/C27H46O/c1-18(2)7-6-8-19(3)23-11-12-24-22-10-9-20-17-21(28)13-15-26(20,4)25(22)14-16-27(23,24)5/h6,8,18-25,28H,7,9-17H2,1-5H3. The van der Waals surface area contributed by atoms with Crippen LogP contribution in [0.15, 0.2) is 12.2 Å². The minimum absolute atomic E-state index is 0.0159. The van der Waals surface area contributed by atoms with Crippen LogP contribution in [0, 0.1) is 52.3 Å². The van der Waals surface area contributed by atoms with Gasteiger partial charge in [0.25, 0.3) is 0 Å². The van der Waals surface area contributed by atoms with Crippen molar-refractivity contribution in [3.63, 3.8) is 0 Å². The fraction of sp³-hybridized carbons (Fsp3) is 0.926. The van der Waals surface area contributed by atoms with E-state index in [0.29, 0.717) is 10.8 Å². The van der Waals surface area contributed by atoms with Gasteiger partial charge in [-0.3, -0.25) is 0 Å². The van der Waals surface area contributed by atoms with Gasteiger partial charge in [0.1, 0.15) is 0 Å². The number of hydrogen-bond donors (Lipinski definition) is 1. The highest BCUT2D eigenvalue weighted by atomic mass is 16.3. The molecule has 9 atom stereocenters. The number of allylic oxidation sites excluding steroid dienone is 2. The Kier molecular flexibility index (Phi) is 5.80. The molecule has 0 spiro atoms. The fourth-order valence-corrected chi connectivity index (χ4v) is 8.84. The fourth-order valence-electron chi connectivity index (χ4n) is 8.84. The van der Waals surface area contributed by atoms with Crippen LogP contribution in [0.2, 0.25) is 0 Å². The molecule has 4 fully saturated rings. The van der Waals surface area contributed by atoms with E-state index in [1.807, 2.05) is 0 Å². The molecule has 1 heteroatoms. The van der Waals surface area contributed by atoms with Gasteiger partial charge in [-0.05, 0) is 116 Å². The predicted molar refractivity (Wildman–Crippen MR) is 119 cm³/mol. The van der Waals surface area contributed by atoms with Gasteiger partial charge in [-0.15, -0.1) is 0 Å². The van der Waals surface area contributed by atoms with Crippen molar-refractivity contribution in [3.8, 4) is 0 Å². The Morgan fingerprint density at radius 3 is 2.36 bits per heavy atom. The zero-order valence-corrected chi connectivity index (χ0v) is 19.3. The molecule has 0 bridgehead atoms. The Balaban J connectivity index is 1.50. The summed E-state index contributed by atoms with van der Waals surface area (Å²) in [7, 11) is 0. The van der Waals surface area contributed by atoms with Crippen molar-refractivity contribution in [2.75, 3.05) is 0 Å². The van der Waals surface area contributed by atoms with Gasteiger partial charge in [0.2, 0.25) is 0 Å². The molecule has 1 nitrogen and oxygen atoms in total. The molecule has 0 saturated heterocycles. The Morgan fingerprint density at radius 1 is 0.893 bits per heavy atom. The monoisotopic (exact) mass is 386 g/mol. The van der Waals surface area contributed by atoms with E-state index in [1.165, 1.54) is 51.4 Å². The first kappa shape index (κ1) is 21.0. The van der Waals surface area contributed by atoms with Crippen molar-refractivity contribution in [2.45, 2.75) is 105 Å². The van der Waals surface area contributed by atoms with Gasteiger partial charge in [-0.2, -0.15) is 0 Å². The minimum Gasteiger partial charge on any atom is -0.393 e. The number of aliphatic hydroxyl groups is 1. The van der Waals surface area contributed by atoms with Crippen LogP contribution in [0.4, 0.5) is 0 Å². The van der Waals surface area contributed by atoms with Crippen LogP contribution in [0.25, 0.3) is 0 Å². The smallest absolute Gasteiger partial charge is 0.0543 e. The first-order valence-electron chi connectivity index (χ1n) is 12.6. The molecule has 0 amide bonds. The third-order valence-electron chi connectivity index (χ3n) is 10.4. The number of rotatable bonds is 4. The molecule has 28 heavy (non-hydrogen) atoms. The second-order valence-electron chi connectivity index (χ2n) is 12.2. The Bertz CT molecular complexity index is 579. The average Bonchev–Trinajstić information content (AvgIpc) is 2.99. The first-order valence-corrected chi connectivity index (χ1v) is 12.6. The zero-order valence-electron chi connectivity index (χ0n) is 19.3. The zero-order chi connectivity index (χ0) is 20.1. The Labute approximate surface area is 174 Å². The maximum Gasteiger partial charge on any atom is 0.0543 e. The summed E-state index contributed by atoms with van der Waals surface area (Å²) in [5, 5.41) is 10.2. The summed E-state index contributed by atoms with van der Waals surface area (Å²) < 4.78 is 0. The lowest BCUT2D eigenvalue weighted by molar-refractivity contribution is -0.128. The van der Waals surface area contributed by atoms with E-state index in [0.717, 1.165) is 54.3 Å². The average molecular weight is 387 g/mol. The van der Waals surface area contributed by atoms with E-state index in [1.54, 1.807) is 0 Å². The number of aliphatic hydroxyl groups excluding tert-OH is 1. The molecule has 0 heterocycles. The molecule has 0 aromatic carbocycles. The largest absolute Gasteiger partial charge is 0.393 e. The highest BCUT2D eigenvalue weighted by Gasteiger charge is 2.60. The summed E-state index contributed by atoms with van der Waals surface area (Å²) in [6.07, 6.45) is 18.3. The van der Waals surface area contributed by atoms with Gasteiger partial charge in [0.15, 0.2) is 0 Å². The molecular weight excluding hydrogens is 340 g/mol. The highest BCUT2D eigenvalue weighted by Crippen LogP contribution is 2.68. The van der Waals surface area contributed by atoms with Crippen LogP contribution >= 0.6 is 0 Å². The topological polar surface area (TPSA) is 20.2 Å². The summed E-state index contributed by atoms with van der Waals surface area (Å²) in [5.74, 6) is 6.05. The van der Waals surface area contributed by atoms with E-state index in [4.69, 9.17) is 0 Å². The minimum atomic E-state index is -0.0159. The van der Waals surface area contributed by atoms with Gasteiger partial charge in [0.05, 0.1) is 6.10 Å². The van der Waals surface area contributed by atoms with Crippen molar-refractivity contribution in [3.05, 3.63) is 12.2 Å². The maximum atomic E-state index is 10.2. The maximum absolute atomic E-state index is 10.2. The molecule has 0 aromatic heterocycles. The second kappa shape index (κ2) is 7.75. The second-order valence-corrected chi connectivity index (χ2v) is 12.2. The van der Waals surface area contributed by atoms with Gasteiger partial charge >= 0.3 is 0 Å². The summed E-state index contributed by atoms with van der Waals surface area (Å²) >= 11 is 0. The van der Waals surface area contributed by atoms with Gasteiger partial charge in [-0.25, -0.2) is 0 Å². The molecule has 0 radical (unpaired) electrons. The molecule has 4 rings (SSSR count). The first-order chi connectivity index (χ1) is 13.3. The van der Waals surface area contributed by atoms with Crippen molar-refractivity contribution in [2.24, 2.45) is 52.3 Å². The number of fused-ring (bicyclic) bond motifs is 5. The van der Waals surface area contributed by atoms with Gasteiger partial charge in [0, 0.05) is 0 Å². The van der Waals surface area contributed by atoms with Crippen LogP contribution in [-0.4, -0.2) is 11.2 Å². The normalized spacial score (nSPS) is 49.7. The van der Waals surface area contributed by atoms with E-state index in [2.05, 4.69) is 46.8 Å². The quantitative estimate of drug-likeness (QED) is 0.505. The molecular formula is C27H46O.